The Hall–Kier alpha value is -3.79. The van der Waals surface area contributed by atoms with Crippen molar-refractivity contribution in [2.75, 3.05) is 4.90 Å². The second kappa shape index (κ2) is 8.77. The van der Waals surface area contributed by atoms with Crippen LogP contribution < -0.4 is 4.90 Å². The molecule has 174 valence electrons. The van der Waals surface area contributed by atoms with Crippen molar-refractivity contribution in [3.05, 3.63) is 104 Å². The summed E-state index contributed by atoms with van der Waals surface area (Å²) < 4.78 is 0.685. The van der Waals surface area contributed by atoms with E-state index in [-0.39, 0.29) is 27.5 Å². The number of aliphatic hydroxyl groups is 1. The molecule has 1 amide bonds. The van der Waals surface area contributed by atoms with Crippen molar-refractivity contribution in [3.63, 3.8) is 0 Å². The average Bonchev–Trinajstić information content (AvgIpc) is 3.37. The lowest BCUT2D eigenvalue weighted by molar-refractivity contribution is -0.384. The normalized spacial score (nSPS) is 17.3. The van der Waals surface area contributed by atoms with Gasteiger partial charge in [-0.2, -0.15) is 0 Å². The molecular weight excluding hydrogens is 513 g/mol. The van der Waals surface area contributed by atoms with Gasteiger partial charge in [0.2, 0.25) is 0 Å². The van der Waals surface area contributed by atoms with Crippen LogP contribution >= 0.6 is 34.5 Å². The second-order valence-corrected chi connectivity index (χ2v) is 9.52. The van der Waals surface area contributed by atoms with Gasteiger partial charge in [0.1, 0.15) is 5.76 Å². The molecule has 1 N–H and O–H groups in total. The number of nitro benzene ring substituents is 1. The van der Waals surface area contributed by atoms with Crippen LogP contribution in [0.25, 0.3) is 16.0 Å². The minimum absolute atomic E-state index is 0.191. The zero-order valence-electron chi connectivity index (χ0n) is 17.5. The summed E-state index contributed by atoms with van der Waals surface area (Å²) in [5, 5.41) is 23.6. The molecule has 1 aromatic heterocycles. The predicted octanol–water partition coefficient (Wildman–Crippen LogP) is 6.14. The number of carbonyl (C=O) groups is 2. The lowest BCUT2D eigenvalue weighted by atomic mass is 9.95. The number of rotatable bonds is 4. The Bertz CT molecular complexity index is 1570. The van der Waals surface area contributed by atoms with E-state index in [4.69, 9.17) is 23.2 Å². The van der Waals surface area contributed by atoms with Gasteiger partial charge in [0.15, 0.2) is 5.13 Å². The molecule has 11 heteroatoms. The van der Waals surface area contributed by atoms with Crippen molar-refractivity contribution in [1.82, 2.24) is 4.98 Å². The minimum atomic E-state index is -1.15. The summed E-state index contributed by atoms with van der Waals surface area (Å²) in [6, 6.07) is 15.5. The fraction of sp³-hybridized carbons (Fsp3) is 0.0417. The first kappa shape index (κ1) is 23.0. The van der Waals surface area contributed by atoms with E-state index in [1.54, 1.807) is 24.3 Å². The number of hydrogen-bond donors (Lipinski definition) is 1. The van der Waals surface area contributed by atoms with Gasteiger partial charge in [-0.15, -0.1) is 0 Å². The molecule has 0 saturated carbocycles. The molecule has 35 heavy (non-hydrogen) atoms. The summed E-state index contributed by atoms with van der Waals surface area (Å²) in [7, 11) is 0. The minimum Gasteiger partial charge on any atom is -0.507 e. The topological polar surface area (TPSA) is 114 Å². The molecule has 1 aliphatic heterocycles. The lowest BCUT2D eigenvalue weighted by Gasteiger charge is -2.22. The zero-order chi connectivity index (χ0) is 24.9. The van der Waals surface area contributed by atoms with Gasteiger partial charge in [-0.25, -0.2) is 4.98 Å². The third-order valence-corrected chi connectivity index (χ3v) is 7.01. The second-order valence-electron chi connectivity index (χ2n) is 7.64. The monoisotopic (exact) mass is 525 g/mol. The quantitative estimate of drug-likeness (QED) is 0.112. The van der Waals surface area contributed by atoms with Crippen LogP contribution in [0.1, 0.15) is 17.2 Å². The van der Waals surface area contributed by atoms with Gasteiger partial charge in [0.05, 0.1) is 26.8 Å². The first-order chi connectivity index (χ1) is 16.7. The molecule has 0 radical (unpaired) electrons. The third kappa shape index (κ3) is 4.03. The summed E-state index contributed by atoms with van der Waals surface area (Å²) in [6.07, 6.45) is 0. The lowest BCUT2D eigenvalue weighted by Crippen LogP contribution is -2.29. The molecular formula is C24H13Cl2N3O5S. The number of aromatic nitrogens is 1. The molecule has 1 aliphatic rings. The van der Waals surface area contributed by atoms with Crippen LogP contribution in [-0.2, 0) is 9.59 Å². The average molecular weight is 526 g/mol. The summed E-state index contributed by atoms with van der Waals surface area (Å²) in [5.74, 6) is -2.28. The Labute approximate surface area is 211 Å². The van der Waals surface area contributed by atoms with Crippen molar-refractivity contribution in [2.24, 2.45) is 0 Å². The van der Waals surface area contributed by atoms with Gasteiger partial charge in [-0.3, -0.25) is 24.6 Å². The van der Waals surface area contributed by atoms with Crippen LogP contribution in [0.3, 0.4) is 0 Å². The molecule has 0 aliphatic carbocycles. The Kier molecular flexibility index (Phi) is 5.76. The van der Waals surface area contributed by atoms with Gasteiger partial charge >= 0.3 is 5.91 Å². The number of thiazole rings is 1. The molecule has 5 rings (SSSR count). The Morgan fingerprint density at radius 2 is 1.74 bits per heavy atom. The highest BCUT2D eigenvalue weighted by atomic mass is 35.5. The van der Waals surface area contributed by atoms with Crippen molar-refractivity contribution in [3.8, 4) is 0 Å². The van der Waals surface area contributed by atoms with Crippen LogP contribution in [0.5, 0.6) is 0 Å². The van der Waals surface area contributed by atoms with Crippen molar-refractivity contribution in [1.29, 1.82) is 0 Å². The summed E-state index contributed by atoms with van der Waals surface area (Å²) in [5.41, 5.74) is 0.655. The van der Waals surface area contributed by atoms with Crippen molar-refractivity contribution < 1.29 is 19.6 Å². The summed E-state index contributed by atoms with van der Waals surface area (Å²) in [6.45, 7) is 0. The summed E-state index contributed by atoms with van der Waals surface area (Å²) in [4.78, 5) is 43.0. The molecule has 3 aromatic carbocycles. The van der Waals surface area contributed by atoms with Gasteiger partial charge in [0, 0.05) is 27.7 Å². The van der Waals surface area contributed by atoms with E-state index < -0.39 is 28.4 Å². The standard InChI is InChI=1S/C24H13Cl2N3O5S/c25-14-6-4-12(5-7-14)21(30)19-20(13-2-1-3-16(10-13)29(33)34)28(23(32)22(19)31)24-27-17-9-8-15(26)11-18(17)35-24/h1-11,20,30H/b21-19+. The molecule has 1 saturated heterocycles. The number of benzene rings is 3. The highest BCUT2D eigenvalue weighted by Gasteiger charge is 2.48. The molecule has 0 spiro atoms. The number of non-ortho nitro benzene ring substituents is 1. The van der Waals surface area contributed by atoms with E-state index in [2.05, 4.69) is 4.98 Å². The van der Waals surface area contributed by atoms with E-state index in [1.807, 2.05) is 0 Å². The number of amides is 1. The van der Waals surface area contributed by atoms with Gasteiger partial charge in [-0.05, 0) is 48.0 Å². The highest BCUT2D eigenvalue weighted by molar-refractivity contribution is 7.22. The highest BCUT2D eigenvalue weighted by Crippen LogP contribution is 2.45. The van der Waals surface area contributed by atoms with Gasteiger partial charge in [0.25, 0.3) is 11.5 Å². The Balaban J connectivity index is 1.75. The number of ketones is 1. The maximum atomic E-state index is 13.3. The number of carbonyl (C=O) groups excluding carboxylic acids is 2. The number of nitrogens with zero attached hydrogens (tertiary/aromatic N) is 3. The predicted molar refractivity (Wildman–Crippen MR) is 134 cm³/mol. The smallest absolute Gasteiger partial charge is 0.301 e. The molecule has 0 bridgehead atoms. The summed E-state index contributed by atoms with van der Waals surface area (Å²) >= 11 is 13.2. The van der Waals surface area contributed by atoms with E-state index in [0.717, 1.165) is 16.2 Å². The van der Waals surface area contributed by atoms with Crippen LogP contribution in [0, 0.1) is 10.1 Å². The van der Waals surface area contributed by atoms with E-state index in [1.165, 1.54) is 42.5 Å². The number of hydrogen-bond acceptors (Lipinski definition) is 7. The van der Waals surface area contributed by atoms with E-state index in [9.17, 15) is 24.8 Å². The molecule has 2 heterocycles. The van der Waals surface area contributed by atoms with Crippen LogP contribution in [0.4, 0.5) is 10.8 Å². The maximum absolute atomic E-state index is 13.3. The SMILES string of the molecule is O=C1C(=O)N(c2nc3ccc(Cl)cc3s2)C(c2cccc([N+](=O)[O-])c2)/C1=C(\O)c1ccc(Cl)cc1. The molecule has 1 fully saturated rings. The number of Topliss-reactive ketones (excluding diaryl/α,β-unsaturated/α-hetero) is 1. The molecule has 8 nitrogen and oxygen atoms in total. The van der Waals surface area contributed by atoms with Crippen LogP contribution in [0.2, 0.25) is 10.0 Å². The molecule has 1 unspecified atom stereocenters. The maximum Gasteiger partial charge on any atom is 0.301 e. The van der Waals surface area contributed by atoms with Crippen molar-refractivity contribution >= 4 is 73.0 Å². The fourth-order valence-electron chi connectivity index (χ4n) is 3.91. The molecule has 1 atom stereocenters. The largest absolute Gasteiger partial charge is 0.507 e. The van der Waals surface area contributed by atoms with Crippen LogP contribution in [-0.4, -0.2) is 26.7 Å². The Morgan fingerprint density at radius 3 is 2.46 bits per heavy atom. The first-order valence-corrected chi connectivity index (χ1v) is 11.7. The van der Waals surface area contributed by atoms with Crippen LogP contribution in [0.15, 0.2) is 72.3 Å². The third-order valence-electron chi connectivity index (χ3n) is 5.50. The number of fused-ring (bicyclic) bond motifs is 1. The van der Waals surface area contributed by atoms with E-state index in [0.29, 0.717) is 20.3 Å². The first-order valence-electron chi connectivity index (χ1n) is 10.1. The van der Waals surface area contributed by atoms with Gasteiger partial charge < -0.3 is 5.11 Å². The van der Waals surface area contributed by atoms with E-state index >= 15 is 0 Å². The van der Waals surface area contributed by atoms with Gasteiger partial charge in [-0.1, -0.05) is 46.7 Å². The van der Waals surface area contributed by atoms with Crippen molar-refractivity contribution in [2.45, 2.75) is 6.04 Å². The number of halogens is 2. The zero-order valence-corrected chi connectivity index (χ0v) is 19.8. The number of nitro groups is 1. The number of anilines is 1. The Morgan fingerprint density at radius 1 is 1.03 bits per heavy atom. The molecule has 4 aromatic rings. The fourth-order valence-corrected chi connectivity index (χ4v) is 5.30. The number of aliphatic hydroxyl groups excluding tert-OH is 1.